The highest BCUT2D eigenvalue weighted by Crippen LogP contribution is 2.10. The van der Waals surface area contributed by atoms with Crippen LogP contribution in [0.5, 0.6) is 0 Å². The van der Waals surface area contributed by atoms with Gasteiger partial charge in [0, 0.05) is 12.6 Å². The van der Waals surface area contributed by atoms with Gasteiger partial charge in [-0.15, -0.1) is 0 Å². The van der Waals surface area contributed by atoms with E-state index >= 15 is 0 Å². The first-order valence-electron chi connectivity index (χ1n) is 6.29. The van der Waals surface area contributed by atoms with Gasteiger partial charge in [0.05, 0.1) is 6.04 Å². The number of aliphatic hydroxyl groups excluding tert-OH is 1. The van der Waals surface area contributed by atoms with E-state index in [9.17, 15) is 4.79 Å². The summed E-state index contributed by atoms with van der Waals surface area (Å²) in [6.07, 6.45) is 3.84. The Balaban J connectivity index is 2.40. The predicted octanol–water partition coefficient (Wildman–Crippen LogP) is 0.652. The minimum absolute atomic E-state index is 0.0336. The fourth-order valence-corrected chi connectivity index (χ4v) is 2.07. The molecule has 16 heavy (non-hydrogen) atoms. The summed E-state index contributed by atoms with van der Waals surface area (Å²) < 4.78 is 0. The van der Waals surface area contributed by atoms with Gasteiger partial charge in [-0.3, -0.25) is 4.79 Å². The van der Waals surface area contributed by atoms with E-state index < -0.39 is 0 Å². The minimum Gasteiger partial charge on any atom is -0.396 e. The van der Waals surface area contributed by atoms with Crippen LogP contribution >= 0.6 is 0 Å². The molecule has 0 radical (unpaired) electrons. The molecule has 1 saturated heterocycles. The number of hydrogen-bond donors (Lipinski definition) is 3. The van der Waals surface area contributed by atoms with E-state index in [1.165, 1.54) is 0 Å². The van der Waals surface area contributed by atoms with Crippen molar-refractivity contribution < 1.29 is 9.90 Å². The Morgan fingerprint density at radius 1 is 1.50 bits per heavy atom. The topological polar surface area (TPSA) is 61.4 Å². The molecule has 0 aromatic heterocycles. The molecular weight excluding hydrogens is 204 g/mol. The monoisotopic (exact) mass is 228 g/mol. The van der Waals surface area contributed by atoms with E-state index in [0.29, 0.717) is 12.3 Å². The Labute approximate surface area is 97.8 Å². The molecule has 3 N–H and O–H groups in total. The predicted molar refractivity (Wildman–Crippen MR) is 64.1 cm³/mol. The maximum atomic E-state index is 11.9. The molecule has 0 spiro atoms. The molecule has 94 valence electrons. The van der Waals surface area contributed by atoms with Gasteiger partial charge in [0.25, 0.3) is 0 Å². The Kier molecular flexibility index (Phi) is 5.77. The molecule has 0 aliphatic carbocycles. The Bertz CT molecular complexity index is 213. The average Bonchev–Trinajstić information content (AvgIpc) is 2.29. The summed E-state index contributed by atoms with van der Waals surface area (Å²) in [4.78, 5) is 11.9. The molecule has 1 rings (SSSR count). The van der Waals surface area contributed by atoms with Crippen molar-refractivity contribution in [1.82, 2.24) is 10.6 Å². The van der Waals surface area contributed by atoms with Gasteiger partial charge in [-0.1, -0.05) is 20.3 Å². The highest BCUT2D eigenvalue weighted by atomic mass is 16.3. The molecular formula is C12H24N2O2. The number of amides is 1. The molecule has 1 aliphatic rings. The lowest BCUT2D eigenvalue weighted by molar-refractivity contribution is -0.124. The van der Waals surface area contributed by atoms with Crippen LogP contribution in [-0.4, -0.2) is 36.2 Å². The zero-order valence-corrected chi connectivity index (χ0v) is 10.3. The van der Waals surface area contributed by atoms with Crippen molar-refractivity contribution in [2.24, 2.45) is 5.92 Å². The quantitative estimate of drug-likeness (QED) is 0.647. The summed E-state index contributed by atoms with van der Waals surface area (Å²) >= 11 is 0. The smallest absolute Gasteiger partial charge is 0.237 e. The Hall–Kier alpha value is -0.610. The SMILES string of the molecule is CC(C)C(CCO)NC(=O)C1CCCCN1. The van der Waals surface area contributed by atoms with E-state index in [0.717, 1.165) is 25.8 Å². The number of nitrogens with one attached hydrogen (secondary N) is 2. The lowest BCUT2D eigenvalue weighted by Gasteiger charge is -2.27. The maximum absolute atomic E-state index is 11.9. The van der Waals surface area contributed by atoms with Crippen LogP contribution in [0, 0.1) is 5.92 Å². The first kappa shape index (κ1) is 13.5. The third kappa shape index (κ3) is 4.10. The highest BCUT2D eigenvalue weighted by molar-refractivity contribution is 5.82. The highest BCUT2D eigenvalue weighted by Gasteiger charge is 2.23. The summed E-state index contributed by atoms with van der Waals surface area (Å²) in [6, 6.07) is 0.0509. The van der Waals surface area contributed by atoms with E-state index in [-0.39, 0.29) is 24.6 Å². The number of hydrogen-bond acceptors (Lipinski definition) is 3. The molecule has 1 amide bonds. The molecule has 2 atom stereocenters. The maximum Gasteiger partial charge on any atom is 0.237 e. The standard InChI is InChI=1S/C12H24N2O2/c1-9(2)10(6-8-15)14-12(16)11-5-3-4-7-13-11/h9-11,13,15H,3-8H2,1-2H3,(H,14,16). The van der Waals surface area contributed by atoms with E-state index in [4.69, 9.17) is 5.11 Å². The second-order valence-corrected chi connectivity index (χ2v) is 4.87. The largest absolute Gasteiger partial charge is 0.396 e. The van der Waals surface area contributed by atoms with Gasteiger partial charge in [0.2, 0.25) is 5.91 Å². The summed E-state index contributed by atoms with van der Waals surface area (Å²) in [6.45, 7) is 5.19. The van der Waals surface area contributed by atoms with Crippen LogP contribution in [0.3, 0.4) is 0 Å². The van der Waals surface area contributed by atoms with E-state index in [1.54, 1.807) is 0 Å². The summed E-state index contributed by atoms with van der Waals surface area (Å²) in [5.74, 6) is 0.451. The molecule has 0 saturated carbocycles. The average molecular weight is 228 g/mol. The number of carbonyl (C=O) groups is 1. The van der Waals surface area contributed by atoms with Crippen molar-refractivity contribution in [3.8, 4) is 0 Å². The molecule has 2 unspecified atom stereocenters. The molecule has 1 fully saturated rings. The summed E-state index contributed by atoms with van der Waals surface area (Å²) in [5, 5.41) is 15.2. The fourth-order valence-electron chi connectivity index (χ4n) is 2.07. The second-order valence-electron chi connectivity index (χ2n) is 4.87. The van der Waals surface area contributed by atoms with Crippen LogP contribution in [-0.2, 0) is 4.79 Å². The third-order valence-electron chi connectivity index (χ3n) is 3.20. The first-order valence-corrected chi connectivity index (χ1v) is 6.29. The molecule has 4 nitrogen and oxygen atoms in total. The van der Waals surface area contributed by atoms with Gasteiger partial charge in [-0.25, -0.2) is 0 Å². The zero-order chi connectivity index (χ0) is 12.0. The van der Waals surface area contributed by atoms with Crippen molar-refractivity contribution in [2.75, 3.05) is 13.2 Å². The van der Waals surface area contributed by atoms with Crippen LogP contribution in [0.1, 0.15) is 39.5 Å². The van der Waals surface area contributed by atoms with Crippen molar-refractivity contribution in [2.45, 2.75) is 51.6 Å². The van der Waals surface area contributed by atoms with Gasteiger partial charge in [-0.05, 0) is 31.7 Å². The summed E-state index contributed by atoms with van der Waals surface area (Å²) in [7, 11) is 0. The molecule has 0 aromatic carbocycles. The van der Waals surface area contributed by atoms with Gasteiger partial charge < -0.3 is 15.7 Å². The number of piperidine rings is 1. The summed E-state index contributed by atoms with van der Waals surface area (Å²) in [5.41, 5.74) is 0. The van der Waals surface area contributed by atoms with Crippen LogP contribution < -0.4 is 10.6 Å². The normalized spacial score (nSPS) is 23.1. The van der Waals surface area contributed by atoms with Crippen LogP contribution in [0.2, 0.25) is 0 Å². The Morgan fingerprint density at radius 2 is 2.25 bits per heavy atom. The molecule has 4 heteroatoms. The van der Waals surface area contributed by atoms with Crippen molar-refractivity contribution in [3.05, 3.63) is 0 Å². The van der Waals surface area contributed by atoms with Crippen molar-refractivity contribution in [1.29, 1.82) is 0 Å². The van der Waals surface area contributed by atoms with Crippen molar-refractivity contribution >= 4 is 5.91 Å². The molecule has 0 bridgehead atoms. The lowest BCUT2D eigenvalue weighted by Crippen LogP contribution is -2.51. The van der Waals surface area contributed by atoms with Crippen LogP contribution in [0.25, 0.3) is 0 Å². The van der Waals surface area contributed by atoms with E-state index in [2.05, 4.69) is 24.5 Å². The Morgan fingerprint density at radius 3 is 2.75 bits per heavy atom. The van der Waals surface area contributed by atoms with Gasteiger partial charge in [0.1, 0.15) is 0 Å². The lowest BCUT2D eigenvalue weighted by atomic mass is 9.99. The molecule has 1 heterocycles. The molecule has 1 aliphatic heterocycles. The minimum atomic E-state index is -0.0336. The number of carbonyl (C=O) groups excluding carboxylic acids is 1. The number of rotatable bonds is 5. The van der Waals surface area contributed by atoms with Crippen molar-refractivity contribution in [3.63, 3.8) is 0 Å². The van der Waals surface area contributed by atoms with Gasteiger partial charge in [0.15, 0.2) is 0 Å². The van der Waals surface area contributed by atoms with Gasteiger partial charge in [-0.2, -0.15) is 0 Å². The van der Waals surface area contributed by atoms with Gasteiger partial charge >= 0.3 is 0 Å². The molecule has 0 aromatic rings. The van der Waals surface area contributed by atoms with Crippen LogP contribution in [0.15, 0.2) is 0 Å². The second kappa shape index (κ2) is 6.86. The van der Waals surface area contributed by atoms with Crippen LogP contribution in [0.4, 0.5) is 0 Å². The van der Waals surface area contributed by atoms with E-state index in [1.807, 2.05) is 0 Å². The zero-order valence-electron chi connectivity index (χ0n) is 10.3. The first-order chi connectivity index (χ1) is 7.65. The number of aliphatic hydroxyl groups is 1. The third-order valence-corrected chi connectivity index (χ3v) is 3.20. The fraction of sp³-hybridized carbons (Fsp3) is 0.917.